The normalized spacial score (nSPS) is 12.1. The van der Waals surface area contributed by atoms with Gasteiger partial charge in [-0.2, -0.15) is 0 Å². The van der Waals surface area contributed by atoms with Gasteiger partial charge in [-0.25, -0.2) is 0 Å². The summed E-state index contributed by atoms with van der Waals surface area (Å²) in [5.74, 6) is 0.101. The zero-order chi connectivity index (χ0) is 12.7. The average molecular weight is 234 g/mol. The minimum absolute atomic E-state index is 0.101. The molecule has 1 aromatic carbocycles. The maximum atomic E-state index is 7.39. The van der Waals surface area contributed by atoms with E-state index in [9.17, 15) is 0 Å². The molecule has 0 aliphatic carbocycles. The molecule has 0 spiro atoms. The summed E-state index contributed by atoms with van der Waals surface area (Å²) in [5, 5.41) is 10.8. The summed E-state index contributed by atoms with van der Waals surface area (Å²) in [7, 11) is 0. The number of benzene rings is 1. The molecular formula is C13H22N4. The van der Waals surface area contributed by atoms with Gasteiger partial charge in [-0.3, -0.25) is 5.41 Å². The maximum absolute atomic E-state index is 7.39. The Kier molecular flexibility index (Phi) is 5.49. The highest BCUT2D eigenvalue weighted by Crippen LogP contribution is 2.13. The molecule has 0 aliphatic rings. The van der Waals surface area contributed by atoms with Crippen LogP contribution in [0.3, 0.4) is 0 Å². The van der Waals surface area contributed by atoms with Crippen molar-refractivity contribution >= 4 is 11.5 Å². The van der Waals surface area contributed by atoms with Crippen LogP contribution in [0.25, 0.3) is 0 Å². The van der Waals surface area contributed by atoms with Crippen LogP contribution in [0.15, 0.2) is 24.3 Å². The minimum atomic E-state index is 0.101. The third-order valence-electron chi connectivity index (χ3n) is 2.68. The van der Waals surface area contributed by atoms with Gasteiger partial charge in [0.25, 0.3) is 0 Å². The largest absolute Gasteiger partial charge is 0.384 e. The van der Waals surface area contributed by atoms with Crippen molar-refractivity contribution in [3.05, 3.63) is 29.8 Å². The highest BCUT2D eigenvalue weighted by Gasteiger charge is 2.03. The fourth-order valence-corrected chi connectivity index (χ4v) is 1.73. The van der Waals surface area contributed by atoms with Crippen LogP contribution in [0, 0.1) is 5.41 Å². The summed E-state index contributed by atoms with van der Waals surface area (Å²) >= 11 is 0. The third-order valence-corrected chi connectivity index (χ3v) is 2.68. The zero-order valence-electron chi connectivity index (χ0n) is 10.4. The first kappa shape index (κ1) is 13.5. The van der Waals surface area contributed by atoms with Crippen LogP contribution in [-0.4, -0.2) is 18.4 Å². The van der Waals surface area contributed by atoms with Crippen molar-refractivity contribution in [2.45, 2.75) is 32.2 Å². The summed E-state index contributed by atoms with van der Waals surface area (Å²) in [6.45, 7) is 2.91. The van der Waals surface area contributed by atoms with Gasteiger partial charge in [-0.15, -0.1) is 0 Å². The van der Waals surface area contributed by atoms with Gasteiger partial charge >= 0.3 is 0 Å². The van der Waals surface area contributed by atoms with Crippen LogP contribution >= 0.6 is 0 Å². The molecule has 1 atom stereocenters. The lowest BCUT2D eigenvalue weighted by atomic mass is 10.1. The van der Waals surface area contributed by atoms with Gasteiger partial charge < -0.3 is 16.8 Å². The van der Waals surface area contributed by atoms with Crippen molar-refractivity contribution in [1.29, 1.82) is 5.41 Å². The first-order valence-corrected chi connectivity index (χ1v) is 6.04. The molecule has 0 saturated carbocycles. The lowest BCUT2D eigenvalue weighted by Crippen LogP contribution is -2.16. The first-order chi connectivity index (χ1) is 8.13. The molecule has 1 rings (SSSR count). The highest BCUT2D eigenvalue weighted by atomic mass is 14.9. The molecule has 0 saturated heterocycles. The number of hydrogen-bond donors (Lipinski definition) is 4. The average Bonchev–Trinajstić information content (AvgIpc) is 2.29. The van der Waals surface area contributed by atoms with Crippen LogP contribution < -0.4 is 16.8 Å². The van der Waals surface area contributed by atoms with Gasteiger partial charge in [0.1, 0.15) is 5.84 Å². The molecule has 0 amide bonds. The maximum Gasteiger partial charge on any atom is 0.122 e. The predicted octanol–water partition coefficient (Wildman–Crippen LogP) is 1.90. The fraction of sp³-hybridized carbons (Fsp3) is 0.462. The molecule has 17 heavy (non-hydrogen) atoms. The quantitative estimate of drug-likeness (QED) is 0.330. The van der Waals surface area contributed by atoms with Gasteiger partial charge in [0.15, 0.2) is 0 Å². The standard InChI is InChI=1S/C13H22N4/c1-10(5-2-3-8-14)17-12-7-4-6-11(9-12)13(15)16/h4,6-7,9-10,17H,2-3,5,8,14H2,1H3,(H3,15,16)/t10-/m0/s1. The van der Waals surface area contributed by atoms with E-state index >= 15 is 0 Å². The molecule has 0 aromatic heterocycles. The number of nitrogens with one attached hydrogen (secondary N) is 2. The van der Waals surface area contributed by atoms with E-state index < -0.39 is 0 Å². The third kappa shape index (κ3) is 4.87. The van der Waals surface area contributed by atoms with Crippen LogP contribution in [0.5, 0.6) is 0 Å². The molecule has 6 N–H and O–H groups in total. The van der Waals surface area contributed by atoms with E-state index in [4.69, 9.17) is 16.9 Å². The fourth-order valence-electron chi connectivity index (χ4n) is 1.73. The van der Waals surface area contributed by atoms with Gasteiger partial charge in [-0.1, -0.05) is 18.6 Å². The monoisotopic (exact) mass is 234 g/mol. The molecule has 94 valence electrons. The number of amidine groups is 1. The van der Waals surface area contributed by atoms with Crippen LogP contribution in [-0.2, 0) is 0 Å². The van der Waals surface area contributed by atoms with E-state index in [1.54, 1.807) is 0 Å². The Hall–Kier alpha value is -1.55. The van der Waals surface area contributed by atoms with E-state index in [0.29, 0.717) is 6.04 Å². The molecule has 0 heterocycles. The Bertz CT molecular complexity index is 362. The second kappa shape index (κ2) is 6.91. The second-order valence-electron chi connectivity index (χ2n) is 4.32. The molecule has 0 unspecified atom stereocenters. The summed E-state index contributed by atoms with van der Waals surface area (Å²) in [4.78, 5) is 0. The molecule has 0 aliphatic heterocycles. The van der Waals surface area contributed by atoms with Gasteiger partial charge in [0, 0.05) is 17.3 Å². The lowest BCUT2D eigenvalue weighted by Gasteiger charge is -2.15. The Morgan fingerprint density at radius 3 is 2.82 bits per heavy atom. The zero-order valence-corrected chi connectivity index (χ0v) is 10.4. The van der Waals surface area contributed by atoms with Crippen molar-refractivity contribution in [1.82, 2.24) is 0 Å². The minimum Gasteiger partial charge on any atom is -0.384 e. The highest BCUT2D eigenvalue weighted by molar-refractivity contribution is 5.95. The lowest BCUT2D eigenvalue weighted by molar-refractivity contribution is 0.628. The molecule has 4 nitrogen and oxygen atoms in total. The first-order valence-electron chi connectivity index (χ1n) is 6.04. The van der Waals surface area contributed by atoms with E-state index in [1.165, 1.54) is 0 Å². The number of anilines is 1. The van der Waals surface area contributed by atoms with Gasteiger partial charge in [-0.05, 0) is 38.4 Å². The number of nitrogen functional groups attached to an aromatic ring is 1. The summed E-state index contributed by atoms with van der Waals surface area (Å²) in [6, 6.07) is 8.05. The van der Waals surface area contributed by atoms with Crippen LogP contribution in [0.4, 0.5) is 5.69 Å². The molecule has 0 bridgehead atoms. The molecule has 0 radical (unpaired) electrons. The molecular weight excluding hydrogens is 212 g/mol. The molecule has 0 fully saturated rings. The van der Waals surface area contributed by atoms with E-state index in [2.05, 4.69) is 12.2 Å². The topological polar surface area (TPSA) is 87.9 Å². The SMILES string of the molecule is C[C@@H](CCCCN)Nc1cccc(C(=N)N)c1. The van der Waals surface area contributed by atoms with Crippen LogP contribution in [0.1, 0.15) is 31.7 Å². The number of nitrogens with two attached hydrogens (primary N) is 2. The number of hydrogen-bond acceptors (Lipinski definition) is 3. The smallest absolute Gasteiger partial charge is 0.122 e. The van der Waals surface area contributed by atoms with Crippen molar-refractivity contribution in [2.75, 3.05) is 11.9 Å². The van der Waals surface area contributed by atoms with Crippen molar-refractivity contribution in [3.8, 4) is 0 Å². The van der Waals surface area contributed by atoms with Crippen molar-refractivity contribution in [2.24, 2.45) is 11.5 Å². The second-order valence-corrected chi connectivity index (χ2v) is 4.32. The Labute approximate surface area is 103 Å². The van der Waals surface area contributed by atoms with Crippen molar-refractivity contribution in [3.63, 3.8) is 0 Å². The van der Waals surface area contributed by atoms with E-state index in [1.807, 2.05) is 24.3 Å². The van der Waals surface area contributed by atoms with Crippen LogP contribution in [0.2, 0.25) is 0 Å². The number of rotatable bonds is 7. The summed E-state index contributed by atoms with van der Waals surface area (Å²) < 4.78 is 0. The van der Waals surface area contributed by atoms with Gasteiger partial charge in [0.2, 0.25) is 0 Å². The summed E-state index contributed by atoms with van der Waals surface area (Å²) in [5.41, 5.74) is 12.7. The Morgan fingerprint density at radius 2 is 2.18 bits per heavy atom. The summed E-state index contributed by atoms with van der Waals surface area (Å²) in [6.07, 6.45) is 3.30. The molecule has 1 aromatic rings. The predicted molar refractivity (Wildman–Crippen MR) is 73.4 cm³/mol. The van der Waals surface area contributed by atoms with E-state index in [-0.39, 0.29) is 5.84 Å². The van der Waals surface area contributed by atoms with Gasteiger partial charge in [0.05, 0.1) is 0 Å². The Balaban J connectivity index is 2.50. The van der Waals surface area contributed by atoms with Crippen molar-refractivity contribution < 1.29 is 0 Å². The Morgan fingerprint density at radius 1 is 1.41 bits per heavy atom. The number of unbranched alkanes of at least 4 members (excludes halogenated alkanes) is 1. The van der Waals surface area contributed by atoms with E-state index in [0.717, 1.165) is 37.1 Å². The molecule has 4 heteroatoms.